The molecule has 13 rings (SSSR count). The second kappa shape index (κ2) is 11.5. The minimum atomic E-state index is -0.500. The molecule has 2 heterocycles. The lowest BCUT2D eigenvalue weighted by Crippen LogP contribution is -2.50. The van der Waals surface area contributed by atoms with E-state index in [2.05, 4.69) is 215 Å². The number of hydrogen-bond donors (Lipinski definition) is 0. The van der Waals surface area contributed by atoms with Gasteiger partial charge < -0.3 is 9.64 Å². The molecule has 4 bridgehead atoms. The van der Waals surface area contributed by atoms with Gasteiger partial charge in [0.1, 0.15) is 11.5 Å². The van der Waals surface area contributed by atoms with Crippen molar-refractivity contribution in [2.45, 2.75) is 55.9 Å². The number of benzene rings is 7. The van der Waals surface area contributed by atoms with Crippen molar-refractivity contribution < 1.29 is 4.74 Å². The number of nitrogens with zero attached hydrogens (tertiary/aromatic N) is 1. The van der Waals surface area contributed by atoms with Gasteiger partial charge in [0, 0.05) is 39.2 Å². The van der Waals surface area contributed by atoms with E-state index >= 15 is 0 Å². The van der Waals surface area contributed by atoms with Gasteiger partial charge in [0.2, 0.25) is 0 Å². The fraction of sp³-hybridized carbons (Fsp3) is 0.172. The van der Waals surface area contributed by atoms with Crippen LogP contribution >= 0.6 is 0 Å². The van der Waals surface area contributed by atoms with Crippen LogP contribution in [0.3, 0.4) is 0 Å². The van der Waals surface area contributed by atoms with E-state index in [4.69, 9.17) is 4.74 Å². The van der Waals surface area contributed by atoms with Crippen LogP contribution in [0.15, 0.2) is 199 Å². The SMILES string of the molecule is CC1C2=C3CC4=C1C(C)(c1ccccc1)C=CC4(C)N(c1cccc(C4(C)c5ccccc5-c5ccccc54)c1)c1ccc4c(c1)C3(c1ccccc1O4)c1ccccc12. The molecule has 2 heteroatoms. The van der Waals surface area contributed by atoms with Gasteiger partial charge in [-0.3, -0.25) is 0 Å². The van der Waals surface area contributed by atoms with Crippen molar-refractivity contribution >= 4 is 16.9 Å². The second-order valence-corrected chi connectivity index (χ2v) is 18.4. The van der Waals surface area contributed by atoms with E-state index in [0.29, 0.717) is 0 Å². The molecule has 0 amide bonds. The smallest absolute Gasteiger partial charge is 0.132 e. The first-order valence-corrected chi connectivity index (χ1v) is 21.6. The van der Waals surface area contributed by atoms with Crippen molar-refractivity contribution in [2.75, 3.05) is 4.90 Å². The summed E-state index contributed by atoms with van der Waals surface area (Å²) in [7, 11) is 0. The van der Waals surface area contributed by atoms with E-state index in [-0.39, 0.29) is 16.7 Å². The van der Waals surface area contributed by atoms with E-state index in [1.165, 1.54) is 89.3 Å². The molecule has 0 saturated heterocycles. The fourth-order valence-electron chi connectivity index (χ4n) is 13.1. The van der Waals surface area contributed by atoms with Crippen molar-refractivity contribution in [3.05, 3.63) is 243 Å². The van der Waals surface area contributed by atoms with E-state index in [1.54, 1.807) is 0 Å². The van der Waals surface area contributed by atoms with E-state index in [0.717, 1.165) is 17.9 Å². The summed E-state index contributed by atoms with van der Waals surface area (Å²) >= 11 is 0. The summed E-state index contributed by atoms with van der Waals surface area (Å²) in [5, 5.41) is 0. The highest BCUT2D eigenvalue weighted by Gasteiger charge is 2.59. The Morgan fingerprint density at radius 3 is 1.85 bits per heavy atom. The molecule has 0 N–H and O–H groups in total. The molecule has 7 aromatic rings. The first-order chi connectivity index (χ1) is 29.3. The van der Waals surface area contributed by atoms with Gasteiger partial charge in [-0.2, -0.15) is 0 Å². The number of anilines is 2. The Hall–Kier alpha value is -6.64. The maximum Gasteiger partial charge on any atom is 0.132 e. The molecule has 2 nitrogen and oxygen atoms in total. The fourth-order valence-corrected chi connectivity index (χ4v) is 13.1. The monoisotopic (exact) mass is 771 g/mol. The first kappa shape index (κ1) is 34.2. The molecule has 0 saturated carbocycles. The molecule has 4 aliphatic carbocycles. The van der Waals surface area contributed by atoms with Gasteiger partial charge in [-0.05, 0) is 130 Å². The highest BCUT2D eigenvalue weighted by molar-refractivity contribution is 5.93. The molecular weight excluding hydrogens is 727 g/mol. The molecular formula is C58H45NO. The van der Waals surface area contributed by atoms with Crippen molar-refractivity contribution in [2.24, 2.45) is 5.92 Å². The highest BCUT2D eigenvalue weighted by atomic mass is 16.5. The van der Waals surface area contributed by atoms with Crippen LogP contribution in [0.1, 0.15) is 78.6 Å². The van der Waals surface area contributed by atoms with Gasteiger partial charge in [0.15, 0.2) is 0 Å². The van der Waals surface area contributed by atoms with Crippen LogP contribution in [0.4, 0.5) is 11.4 Å². The van der Waals surface area contributed by atoms with Crippen LogP contribution in [-0.2, 0) is 16.2 Å². The van der Waals surface area contributed by atoms with Crippen molar-refractivity contribution in [1.82, 2.24) is 0 Å². The largest absolute Gasteiger partial charge is 0.457 e. The lowest BCUT2D eigenvalue weighted by molar-refractivity contribution is 0.431. The molecule has 6 aliphatic rings. The number of fused-ring (bicyclic) bond motifs is 7. The maximum absolute atomic E-state index is 6.94. The maximum atomic E-state index is 6.94. The first-order valence-electron chi connectivity index (χ1n) is 21.6. The molecule has 1 spiro atoms. The van der Waals surface area contributed by atoms with Crippen molar-refractivity contribution in [3.8, 4) is 22.6 Å². The lowest BCUT2D eigenvalue weighted by Gasteiger charge is -2.52. The van der Waals surface area contributed by atoms with E-state index in [1.807, 2.05) is 0 Å². The molecule has 4 atom stereocenters. The van der Waals surface area contributed by atoms with Gasteiger partial charge in [-0.15, -0.1) is 0 Å². The molecule has 288 valence electrons. The summed E-state index contributed by atoms with van der Waals surface area (Å²) in [6, 6.07) is 63.9. The van der Waals surface area contributed by atoms with Crippen molar-refractivity contribution in [3.63, 3.8) is 0 Å². The third kappa shape index (κ3) is 3.96. The Morgan fingerprint density at radius 1 is 0.500 bits per heavy atom. The Morgan fingerprint density at radius 2 is 1.10 bits per heavy atom. The van der Waals surface area contributed by atoms with Crippen LogP contribution in [0.5, 0.6) is 11.5 Å². The number of allylic oxidation sites excluding steroid dienone is 4. The van der Waals surface area contributed by atoms with Crippen LogP contribution in [0.2, 0.25) is 0 Å². The molecule has 0 aromatic heterocycles. The zero-order valence-electron chi connectivity index (χ0n) is 34.5. The Bertz CT molecular complexity index is 3080. The summed E-state index contributed by atoms with van der Waals surface area (Å²) in [6.07, 6.45) is 5.95. The average Bonchev–Trinajstić information content (AvgIpc) is 3.74. The quantitative estimate of drug-likeness (QED) is 0.166. The third-order valence-electron chi connectivity index (χ3n) is 15.7. The zero-order valence-corrected chi connectivity index (χ0v) is 34.5. The van der Waals surface area contributed by atoms with Gasteiger partial charge in [0.05, 0.1) is 11.0 Å². The molecule has 7 aromatic carbocycles. The second-order valence-electron chi connectivity index (χ2n) is 18.4. The van der Waals surface area contributed by atoms with Crippen LogP contribution < -0.4 is 9.64 Å². The summed E-state index contributed by atoms with van der Waals surface area (Å²) in [5.41, 5.74) is 20.0. The molecule has 60 heavy (non-hydrogen) atoms. The van der Waals surface area contributed by atoms with Crippen LogP contribution in [0, 0.1) is 5.92 Å². The predicted molar refractivity (Wildman–Crippen MR) is 244 cm³/mol. The number of rotatable bonds is 3. The Balaban J connectivity index is 1.13. The summed E-state index contributed by atoms with van der Waals surface area (Å²) in [6.45, 7) is 9.88. The van der Waals surface area contributed by atoms with Gasteiger partial charge in [0.25, 0.3) is 0 Å². The Kier molecular flexibility index (Phi) is 6.59. The van der Waals surface area contributed by atoms with Gasteiger partial charge in [-0.25, -0.2) is 0 Å². The van der Waals surface area contributed by atoms with Gasteiger partial charge >= 0.3 is 0 Å². The highest BCUT2D eigenvalue weighted by Crippen LogP contribution is 2.69. The standard InChI is InChI=1S/C58H45NO/c1-36-53-43-23-10-13-26-46(43)58-47-27-14-15-28-51(47)60-52-30-29-40(34-48(52)58)59(56(3)32-31-55(2,37-17-6-5-7-18-37)54(36)50(56)35-49(53)58)39-20-16-19-38(33-39)57(4)44-24-11-8-21-41(44)42-22-9-12-25-45(42)57/h5-34,36H,35H2,1-4H3. The van der Waals surface area contributed by atoms with E-state index < -0.39 is 11.0 Å². The third-order valence-corrected chi connectivity index (χ3v) is 15.7. The molecule has 4 unspecified atom stereocenters. The van der Waals surface area contributed by atoms with Crippen LogP contribution in [0.25, 0.3) is 16.7 Å². The normalized spacial score (nSPS) is 25.3. The summed E-state index contributed by atoms with van der Waals surface area (Å²) in [4.78, 5) is 2.67. The minimum absolute atomic E-state index is 0.160. The number of ether oxygens (including phenoxy) is 1. The average molecular weight is 772 g/mol. The van der Waals surface area contributed by atoms with E-state index in [9.17, 15) is 0 Å². The number of hydrogen-bond acceptors (Lipinski definition) is 2. The zero-order chi connectivity index (χ0) is 40.2. The van der Waals surface area contributed by atoms with Crippen molar-refractivity contribution in [1.29, 1.82) is 0 Å². The molecule has 0 fully saturated rings. The minimum Gasteiger partial charge on any atom is -0.457 e. The topological polar surface area (TPSA) is 12.5 Å². The van der Waals surface area contributed by atoms with Gasteiger partial charge in [-0.1, -0.05) is 153 Å². The summed E-state index contributed by atoms with van der Waals surface area (Å²) in [5.74, 6) is 2.05. The number of para-hydroxylation sites is 1. The predicted octanol–water partition coefficient (Wildman–Crippen LogP) is 14.0. The molecule has 2 aliphatic heterocycles. The van der Waals surface area contributed by atoms with Crippen LogP contribution in [-0.4, -0.2) is 5.54 Å². The molecule has 0 radical (unpaired) electrons. The lowest BCUT2D eigenvalue weighted by atomic mass is 9.56. The Labute approximate surface area is 352 Å². The summed E-state index contributed by atoms with van der Waals surface area (Å²) < 4.78 is 6.94.